The number of fused-ring (bicyclic) bond motifs is 1. The number of likely N-dealkylation sites (tertiary alicyclic amines) is 2. The first-order valence-corrected chi connectivity index (χ1v) is 15.1. The van der Waals surface area contributed by atoms with Crippen molar-refractivity contribution in [1.29, 1.82) is 0 Å². The van der Waals surface area contributed by atoms with Gasteiger partial charge in [-0.3, -0.25) is 14.6 Å². The number of ether oxygens (including phenoxy) is 2. The fourth-order valence-corrected chi connectivity index (χ4v) is 6.89. The predicted octanol–water partition coefficient (Wildman–Crippen LogP) is 4.51. The van der Waals surface area contributed by atoms with Crippen molar-refractivity contribution in [1.82, 2.24) is 9.80 Å². The highest BCUT2D eigenvalue weighted by Gasteiger charge is 2.56. The molecule has 1 aliphatic carbocycles. The third-order valence-electron chi connectivity index (χ3n) is 9.33. The van der Waals surface area contributed by atoms with Crippen LogP contribution >= 0.6 is 0 Å². The standard InChI is InChI=1S/C32H41FN4O4/c1-3-23-6-8-24(9-7-23)18-34-19-26-27(20-34)28(26)21-37(32(39)41-31-5-4-12-36(31)22(2)38)25-10-11-30(29(33)17-25)35-13-15-40-16-14-35/h6-11,17,26-28,31H,3-5,12-16,18-21H2,1-2H3. The van der Waals surface area contributed by atoms with Gasteiger partial charge in [0.15, 0.2) is 6.23 Å². The lowest BCUT2D eigenvalue weighted by Gasteiger charge is -2.31. The lowest BCUT2D eigenvalue weighted by molar-refractivity contribution is -0.135. The predicted molar refractivity (Wildman–Crippen MR) is 155 cm³/mol. The van der Waals surface area contributed by atoms with Crippen molar-refractivity contribution >= 4 is 23.4 Å². The Morgan fingerprint density at radius 3 is 2.39 bits per heavy atom. The molecule has 1 saturated carbocycles. The fourth-order valence-electron chi connectivity index (χ4n) is 6.89. The highest BCUT2D eigenvalue weighted by Crippen LogP contribution is 2.52. The van der Waals surface area contributed by atoms with E-state index >= 15 is 4.39 Å². The van der Waals surface area contributed by atoms with Gasteiger partial charge < -0.3 is 19.3 Å². The normalized spacial score (nSPS) is 25.7. The van der Waals surface area contributed by atoms with E-state index in [1.807, 2.05) is 11.0 Å². The Morgan fingerprint density at radius 1 is 1.02 bits per heavy atom. The topological polar surface area (TPSA) is 65.6 Å². The van der Waals surface area contributed by atoms with E-state index in [1.54, 1.807) is 15.9 Å². The third kappa shape index (κ3) is 6.06. The molecule has 0 aromatic heterocycles. The summed E-state index contributed by atoms with van der Waals surface area (Å²) in [6.07, 6.45) is 1.37. The summed E-state index contributed by atoms with van der Waals surface area (Å²) in [7, 11) is 0. The first-order chi connectivity index (χ1) is 19.9. The van der Waals surface area contributed by atoms with Gasteiger partial charge in [0.1, 0.15) is 5.82 Å². The first kappa shape index (κ1) is 28.0. The number of anilines is 2. The van der Waals surface area contributed by atoms with Gasteiger partial charge in [0, 0.05) is 59.2 Å². The van der Waals surface area contributed by atoms with Gasteiger partial charge in [-0.15, -0.1) is 0 Å². The Bertz CT molecular complexity index is 1240. The molecule has 220 valence electrons. The number of hydrogen-bond donors (Lipinski definition) is 0. The zero-order valence-electron chi connectivity index (χ0n) is 24.1. The molecule has 6 rings (SSSR count). The number of piperidine rings is 1. The van der Waals surface area contributed by atoms with E-state index in [4.69, 9.17) is 9.47 Å². The van der Waals surface area contributed by atoms with Gasteiger partial charge in [0.25, 0.3) is 0 Å². The van der Waals surface area contributed by atoms with Gasteiger partial charge in [-0.2, -0.15) is 0 Å². The molecule has 3 saturated heterocycles. The van der Waals surface area contributed by atoms with Crippen LogP contribution in [0.5, 0.6) is 0 Å². The van der Waals surface area contributed by atoms with Crippen LogP contribution in [0.3, 0.4) is 0 Å². The molecular weight excluding hydrogens is 523 g/mol. The molecule has 0 radical (unpaired) electrons. The highest BCUT2D eigenvalue weighted by atomic mass is 19.1. The van der Waals surface area contributed by atoms with E-state index in [0.717, 1.165) is 32.5 Å². The van der Waals surface area contributed by atoms with Crippen LogP contribution in [0.1, 0.15) is 37.8 Å². The molecule has 3 atom stereocenters. The van der Waals surface area contributed by atoms with Gasteiger partial charge in [-0.05, 0) is 59.9 Å². The molecule has 2 amide bonds. The van der Waals surface area contributed by atoms with Crippen molar-refractivity contribution in [2.24, 2.45) is 17.8 Å². The Balaban J connectivity index is 1.14. The van der Waals surface area contributed by atoms with Crippen LogP contribution in [0.2, 0.25) is 0 Å². The molecule has 41 heavy (non-hydrogen) atoms. The van der Waals surface area contributed by atoms with Crippen LogP contribution in [0.15, 0.2) is 42.5 Å². The number of rotatable bonds is 8. The number of aryl methyl sites for hydroxylation is 1. The molecule has 2 aromatic carbocycles. The Labute approximate surface area is 242 Å². The third-order valence-corrected chi connectivity index (χ3v) is 9.33. The van der Waals surface area contributed by atoms with Gasteiger partial charge >= 0.3 is 6.09 Å². The van der Waals surface area contributed by atoms with Crippen LogP contribution in [0, 0.1) is 23.6 Å². The number of halogens is 1. The van der Waals surface area contributed by atoms with Gasteiger partial charge in [0.05, 0.1) is 24.6 Å². The summed E-state index contributed by atoms with van der Waals surface area (Å²) in [6, 6.07) is 13.9. The number of morpholine rings is 1. The molecule has 3 unspecified atom stereocenters. The Kier molecular flexibility index (Phi) is 8.17. The van der Waals surface area contributed by atoms with Gasteiger partial charge in [-0.1, -0.05) is 31.2 Å². The number of amides is 2. The summed E-state index contributed by atoms with van der Waals surface area (Å²) in [6.45, 7) is 10.1. The maximum atomic E-state index is 15.4. The number of carbonyl (C=O) groups is 2. The number of nitrogens with zero attached hydrogens (tertiary/aromatic N) is 4. The zero-order valence-corrected chi connectivity index (χ0v) is 24.1. The summed E-state index contributed by atoms with van der Waals surface area (Å²) in [4.78, 5) is 33.4. The summed E-state index contributed by atoms with van der Waals surface area (Å²) in [5, 5.41) is 0. The second-order valence-electron chi connectivity index (χ2n) is 11.9. The number of hydrogen-bond acceptors (Lipinski definition) is 6. The molecule has 0 spiro atoms. The average Bonchev–Trinajstić information content (AvgIpc) is 3.29. The zero-order chi connectivity index (χ0) is 28.5. The van der Waals surface area contributed by atoms with Crippen LogP contribution < -0.4 is 9.80 Å². The van der Waals surface area contributed by atoms with Gasteiger partial charge in [-0.25, -0.2) is 9.18 Å². The van der Waals surface area contributed by atoms with Crippen molar-refractivity contribution in [3.63, 3.8) is 0 Å². The maximum Gasteiger partial charge on any atom is 0.416 e. The summed E-state index contributed by atoms with van der Waals surface area (Å²) in [5.74, 6) is 0.907. The fraction of sp³-hybridized carbons (Fsp3) is 0.562. The van der Waals surface area contributed by atoms with Gasteiger partial charge in [0.2, 0.25) is 5.91 Å². The smallest absolute Gasteiger partial charge is 0.416 e. The number of carbonyl (C=O) groups excluding carboxylic acids is 2. The van der Waals surface area contributed by atoms with E-state index in [-0.39, 0.29) is 11.7 Å². The van der Waals surface area contributed by atoms with Crippen molar-refractivity contribution in [3.8, 4) is 0 Å². The maximum absolute atomic E-state index is 15.4. The first-order valence-electron chi connectivity index (χ1n) is 15.1. The van der Waals surface area contributed by atoms with E-state index in [2.05, 4.69) is 36.1 Å². The molecule has 3 heterocycles. The van der Waals surface area contributed by atoms with E-state index in [0.29, 0.717) is 74.9 Å². The number of benzene rings is 2. The quantitative estimate of drug-likeness (QED) is 0.470. The van der Waals surface area contributed by atoms with E-state index in [9.17, 15) is 9.59 Å². The van der Waals surface area contributed by atoms with Crippen molar-refractivity contribution in [2.45, 2.75) is 45.9 Å². The molecule has 0 bridgehead atoms. The lowest BCUT2D eigenvalue weighted by Crippen LogP contribution is -2.42. The lowest BCUT2D eigenvalue weighted by atomic mass is 10.1. The minimum absolute atomic E-state index is 0.103. The second kappa shape index (κ2) is 12.0. The molecule has 4 aliphatic rings. The molecule has 8 nitrogen and oxygen atoms in total. The summed E-state index contributed by atoms with van der Waals surface area (Å²) >= 11 is 0. The van der Waals surface area contributed by atoms with Crippen molar-refractivity contribution in [3.05, 3.63) is 59.4 Å². The molecule has 9 heteroatoms. The molecule has 4 fully saturated rings. The summed E-state index contributed by atoms with van der Waals surface area (Å²) < 4.78 is 26.7. The summed E-state index contributed by atoms with van der Waals surface area (Å²) in [5.41, 5.74) is 3.70. The van der Waals surface area contributed by atoms with Crippen molar-refractivity contribution < 1.29 is 23.5 Å². The van der Waals surface area contributed by atoms with Crippen molar-refractivity contribution in [2.75, 3.05) is 62.3 Å². The largest absolute Gasteiger partial charge is 0.425 e. The molecule has 3 aliphatic heterocycles. The monoisotopic (exact) mass is 564 g/mol. The van der Waals surface area contributed by atoms with Crippen LogP contribution in [0.4, 0.5) is 20.6 Å². The molecular formula is C32H41FN4O4. The van der Waals surface area contributed by atoms with Crippen LogP contribution in [0.25, 0.3) is 0 Å². The minimum atomic E-state index is -0.576. The average molecular weight is 565 g/mol. The second-order valence-corrected chi connectivity index (χ2v) is 11.9. The highest BCUT2D eigenvalue weighted by molar-refractivity contribution is 5.88. The van der Waals surface area contributed by atoms with Crippen LogP contribution in [-0.2, 0) is 27.2 Å². The Morgan fingerprint density at radius 2 is 1.73 bits per heavy atom. The minimum Gasteiger partial charge on any atom is -0.425 e. The molecule has 0 N–H and O–H groups in total. The van der Waals surface area contributed by atoms with E-state index < -0.39 is 12.3 Å². The Hall–Kier alpha value is -3.17. The molecule has 2 aromatic rings. The SMILES string of the molecule is CCc1ccc(CN2CC3C(C2)C3CN(C(=O)OC2CCCN2C(C)=O)c2ccc(N3CCOCC3)c(F)c2)cc1. The van der Waals surface area contributed by atoms with Crippen LogP contribution in [-0.4, -0.2) is 80.5 Å². The van der Waals surface area contributed by atoms with E-state index in [1.165, 1.54) is 24.1 Å².